The van der Waals surface area contributed by atoms with Crippen LogP contribution in [-0.2, 0) is 6.54 Å². The molecule has 0 aliphatic carbocycles. The van der Waals surface area contributed by atoms with Gasteiger partial charge in [-0.3, -0.25) is 4.79 Å². The highest BCUT2D eigenvalue weighted by atomic mass is 16.5. The van der Waals surface area contributed by atoms with Crippen LogP contribution in [0.3, 0.4) is 0 Å². The Morgan fingerprint density at radius 2 is 1.54 bits per heavy atom. The second-order valence-corrected chi connectivity index (χ2v) is 5.95. The van der Waals surface area contributed by atoms with E-state index in [4.69, 9.17) is 4.74 Å². The molecule has 1 N–H and O–H groups in total. The van der Waals surface area contributed by atoms with Crippen molar-refractivity contribution in [3.8, 4) is 5.75 Å². The third kappa shape index (κ3) is 3.19. The molecule has 0 aliphatic heterocycles. The van der Waals surface area contributed by atoms with Gasteiger partial charge in [0.25, 0.3) is 5.91 Å². The maximum Gasteiger partial charge on any atom is 0.251 e. The van der Waals surface area contributed by atoms with Crippen LogP contribution in [0.25, 0.3) is 22.1 Å². The minimum atomic E-state index is -0.141. The fourth-order valence-corrected chi connectivity index (χ4v) is 2.79. The lowest BCUT2D eigenvalue weighted by Crippen LogP contribution is -2.22. The Morgan fingerprint density at radius 3 is 2.23 bits per heavy atom. The SMILES string of the molecule is COc1ccc(CNC(=O)c2ccc3nc4ccccc4nc3c2)cc1. The van der Waals surface area contributed by atoms with Gasteiger partial charge in [0.15, 0.2) is 0 Å². The molecular formula is C21H17N3O2. The fraction of sp³-hybridized carbons (Fsp3) is 0.0952. The molecule has 0 bridgehead atoms. The zero-order valence-electron chi connectivity index (χ0n) is 14.3. The minimum Gasteiger partial charge on any atom is -0.497 e. The van der Waals surface area contributed by atoms with E-state index in [-0.39, 0.29) is 5.91 Å². The minimum absolute atomic E-state index is 0.141. The predicted octanol–water partition coefficient (Wildman–Crippen LogP) is 3.72. The van der Waals surface area contributed by atoms with E-state index in [0.717, 1.165) is 27.9 Å². The highest BCUT2D eigenvalue weighted by Crippen LogP contribution is 2.17. The van der Waals surface area contributed by atoms with Gasteiger partial charge in [-0.05, 0) is 48.0 Å². The Hall–Kier alpha value is -3.47. The van der Waals surface area contributed by atoms with Crippen LogP contribution in [0.4, 0.5) is 0 Å². The van der Waals surface area contributed by atoms with Gasteiger partial charge in [-0.25, -0.2) is 9.97 Å². The maximum absolute atomic E-state index is 12.5. The van der Waals surface area contributed by atoms with Crippen molar-refractivity contribution in [1.29, 1.82) is 0 Å². The van der Waals surface area contributed by atoms with E-state index in [1.165, 1.54) is 0 Å². The molecule has 1 amide bonds. The second-order valence-electron chi connectivity index (χ2n) is 5.95. The van der Waals surface area contributed by atoms with Crippen LogP contribution < -0.4 is 10.1 Å². The monoisotopic (exact) mass is 343 g/mol. The number of para-hydroxylation sites is 2. The largest absolute Gasteiger partial charge is 0.497 e. The number of ether oxygens (including phenoxy) is 1. The molecule has 4 aromatic rings. The van der Waals surface area contributed by atoms with Crippen LogP contribution in [0.1, 0.15) is 15.9 Å². The van der Waals surface area contributed by atoms with Crippen LogP contribution in [0.5, 0.6) is 5.75 Å². The first kappa shape index (κ1) is 16.0. The molecule has 0 saturated heterocycles. The Labute approximate surface area is 150 Å². The van der Waals surface area contributed by atoms with E-state index in [0.29, 0.717) is 17.6 Å². The number of carbonyl (C=O) groups is 1. The number of carbonyl (C=O) groups excluding carboxylic acids is 1. The van der Waals surface area contributed by atoms with Crippen molar-refractivity contribution in [3.05, 3.63) is 77.9 Å². The van der Waals surface area contributed by atoms with E-state index in [1.807, 2.05) is 54.6 Å². The summed E-state index contributed by atoms with van der Waals surface area (Å²) in [5.74, 6) is 0.651. The Balaban J connectivity index is 1.54. The number of aromatic nitrogens is 2. The van der Waals surface area contributed by atoms with Crippen LogP contribution in [0, 0.1) is 0 Å². The van der Waals surface area contributed by atoms with Gasteiger partial charge in [-0.1, -0.05) is 24.3 Å². The Kier molecular flexibility index (Phi) is 4.19. The van der Waals surface area contributed by atoms with Crippen molar-refractivity contribution in [2.24, 2.45) is 0 Å². The molecule has 26 heavy (non-hydrogen) atoms. The molecule has 0 atom stereocenters. The number of benzene rings is 3. The van der Waals surface area contributed by atoms with Gasteiger partial charge in [0.1, 0.15) is 5.75 Å². The van der Waals surface area contributed by atoms with E-state index >= 15 is 0 Å². The standard InChI is InChI=1S/C21H17N3O2/c1-26-16-9-6-14(7-10-16)13-22-21(25)15-8-11-19-20(12-15)24-18-5-3-2-4-17(18)23-19/h2-12H,13H2,1H3,(H,22,25). The van der Waals surface area contributed by atoms with Crippen LogP contribution >= 0.6 is 0 Å². The van der Waals surface area contributed by atoms with Crippen molar-refractivity contribution >= 4 is 28.0 Å². The summed E-state index contributed by atoms with van der Waals surface area (Å²) in [7, 11) is 1.63. The topological polar surface area (TPSA) is 64.1 Å². The summed E-state index contributed by atoms with van der Waals surface area (Å²) in [6, 6.07) is 20.7. The van der Waals surface area contributed by atoms with Gasteiger partial charge in [-0.2, -0.15) is 0 Å². The van der Waals surface area contributed by atoms with E-state index in [2.05, 4.69) is 15.3 Å². The van der Waals surface area contributed by atoms with E-state index in [1.54, 1.807) is 19.2 Å². The normalized spacial score (nSPS) is 10.8. The lowest BCUT2D eigenvalue weighted by atomic mass is 10.1. The number of amides is 1. The van der Waals surface area contributed by atoms with Crippen LogP contribution in [-0.4, -0.2) is 23.0 Å². The van der Waals surface area contributed by atoms with Gasteiger partial charge in [-0.15, -0.1) is 0 Å². The van der Waals surface area contributed by atoms with Crippen molar-refractivity contribution in [2.45, 2.75) is 6.54 Å². The van der Waals surface area contributed by atoms with E-state index in [9.17, 15) is 4.79 Å². The number of hydrogen-bond donors (Lipinski definition) is 1. The number of nitrogens with one attached hydrogen (secondary N) is 1. The number of nitrogens with zero attached hydrogens (tertiary/aromatic N) is 2. The maximum atomic E-state index is 12.5. The molecule has 0 radical (unpaired) electrons. The molecule has 5 heteroatoms. The number of hydrogen-bond acceptors (Lipinski definition) is 4. The molecule has 3 aromatic carbocycles. The zero-order valence-corrected chi connectivity index (χ0v) is 14.3. The molecule has 0 aliphatic rings. The quantitative estimate of drug-likeness (QED) is 0.574. The highest BCUT2D eigenvalue weighted by Gasteiger charge is 2.08. The third-order valence-corrected chi connectivity index (χ3v) is 4.21. The van der Waals surface area contributed by atoms with Gasteiger partial charge in [0.05, 0.1) is 29.2 Å². The smallest absolute Gasteiger partial charge is 0.251 e. The lowest BCUT2D eigenvalue weighted by molar-refractivity contribution is 0.0951. The molecule has 4 rings (SSSR count). The zero-order chi connectivity index (χ0) is 17.9. The second kappa shape index (κ2) is 6.80. The first-order valence-electron chi connectivity index (χ1n) is 8.30. The third-order valence-electron chi connectivity index (χ3n) is 4.21. The molecule has 0 spiro atoms. The fourth-order valence-electron chi connectivity index (χ4n) is 2.79. The molecule has 0 saturated carbocycles. The van der Waals surface area contributed by atoms with Gasteiger partial charge < -0.3 is 10.1 Å². The van der Waals surface area contributed by atoms with Crippen LogP contribution in [0.15, 0.2) is 66.7 Å². The van der Waals surface area contributed by atoms with Gasteiger partial charge >= 0.3 is 0 Å². The average molecular weight is 343 g/mol. The molecule has 5 nitrogen and oxygen atoms in total. The average Bonchev–Trinajstić information content (AvgIpc) is 2.70. The number of rotatable bonds is 4. The molecule has 0 fully saturated rings. The summed E-state index contributed by atoms with van der Waals surface area (Å²) < 4.78 is 5.14. The molecule has 1 heterocycles. The summed E-state index contributed by atoms with van der Waals surface area (Å²) in [5.41, 5.74) is 4.71. The summed E-state index contributed by atoms with van der Waals surface area (Å²) in [6.07, 6.45) is 0. The first-order valence-corrected chi connectivity index (χ1v) is 8.30. The van der Waals surface area contributed by atoms with Crippen molar-refractivity contribution < 1.29 is 9.53 Å². The summed E-state index contributed by atoms with van der Waals surface area (Å²) >= 11 is 0. The highest BCUT2D eigenvalue weighted by molar-refractivity contribution is 5.98. The summed E-state index contributed by atoms with van der Waals surface area (Å²) in [5, 5.41) is 2.93. The molecule has 1 aromatic heterocycles. The molecular weight excluding hydrogens is 326 g/mol. The number of fused-ring (bicyclic) bond motifs is 2. The summed E-state index contributed by atoms with van der Waals surface area (Å²) in [6.45, 7) is 0.449. The Morgan fingerprint density at radius 1 is 0.885 bits per heavy atom. The number of methoxy groups -OCH3 is 1. The predicted molar refractivity (Wildman–Crippen MR) is 101 cm³/mol. The Bertz CT molecular complexity index is 1090. The first-order chi connectivity index (χ1) is 12.7. The lowest BCUT2D eigenvalue weighted by Gasteiger charge is -2.07. The van der Waals surface area contributed by atoms with E-state index < -0.39 is 0 Å². The molecule has 128 valence electrons. The molecule has 0 unspecified atom stereocenters. The summed E-state index contributed by atoms with van der Waals surface area (Å²) in [4.78, 5) is 21.6. The van der Waals surface area contributed by atoms with Gasteiger partial charge in [0, 0.05) is 12.1 Å². The van der Waals surface area contributed by atoms with Crippen molar-refractivity contribution in [2.75, 3.05) is 7.11 Å². The van der Waals surface area contributed by atoms with Crippen molar-refractivity contribution in [1.82, 2.24) is 15.3 Å². The van der Waals surface area contributed by atoms with Crippen LogP contribution in [0.2, 0.25) is 0 Å². The van der Waals surface area contributed by atoms with Gasteiger partial charge in [0.2, 0.25) is 0 Å². The van der Waals surface area contributed by atoms with Crippen molar-refractivity contribution in [3.63, 3.8) is 0 Å².